The Hall–Kier alpha value is -2.31. The Morgan fingerprint density at radius 2 is 1.96 bits per heavy atom. The number of carbonyl (C=O) groups excluding carboxylic acids is 1. The zero-order valence-electron chi connectivity index (χ0n) is 15.5. The van der Waals surface area contributed by atoms with Crippen molar-refractivity contribution >= 4 is 6.03 Å². The van der Waals surface area contributed by atoms with Crippen LogP contribution in [0.5, 0.6) is 0 Å². The molecule has 7 nitrogen and oxygen atoms in total. The first-order valence-electron chi connectivity index (χ1n) is 8.12. The zero-order chi connectivity index (χ0) is 18.1. The van der Waals surface area contributed by atoms with Crippen molar-refractivity contribution in [1.82, 2.24) is 25.6 Å². The molecule has 1 unspecified atom stereocenters. The number of nitrogens with zero attached hydrogens (tertiary/aromatic N) is 3. The molecule has 132 valence electrons. The molecule has 1 atom stereocenters. The summed E-state index contributed by atoms with van der Waals surface area (Å²) < 4.78 is 7.02. The van der Waals surface area contributed by atoms with E-state index >= 15 is 0 Å². The zero-order valence-corrected chi connectivity index (χ0v) is 15.5. The number of amides is 2. The number of nitrogens with one attached hydrogen (secondary N) is 2. The lowest BCUT2D eigenvalue weighted by molar-refractivity contribution is 0.237. The Bertz CT molecular complexity index is 704. The van der Waals surface area contributed by atoms with Crippen LogP contribution in [0.4, 0.5) is 4.79 Å². The number of urea groups is 1. The second kappa shape index (κ2) is 6.67. The van der Waals surface area contributed by atoms with Crippen LogP contribution in [-0.2, 0) is 12.1 Å². The van der Waals surface area contributed by atoms with Gasteiger partial charge in [-0.1, -0.05) is 5.16 Å². The number of hydrogen-bond donors (Lipinski definition) is 2. The van der Waals surface area contributed by atoms with Crippen LogP contribution in [0.3, 0.4) is 0 Å². The summed E-state index contributed by atoms with van der Waals surface area (Å²) in [6, 6.07) is -0.365. The third-order valence-electron chi connectivity index (χ3n) is 4.05. The number of aryl methyl sites for hydroxylation is 3. The lowest BCUT2D eigenvalue weighted by atomic mass is 10.1. The summed E-state index contributed by atoms with van der Waals surface area (Å²) in [4.78, 5) is 12.2. The van der Waals surface area contributed by atoms with Crippen molar-refractivity contribution in [2.45, 2.75) is 66.6 Å². The molecule has 2 heterocycles. The predicted octanol–water partition coefficient (Wildman–Crippen LogP) is 3.11. The van der Waals surface area contributed by atoms with Gasteiger partial charge in [0.1, 0.15) is 5.76 Å². The Balaban J connectivity index is 1.98. The van der Waals surface area contributed by atoms with Gasteiger partial charge in [-0.3, -0.25) is 4.68 Å². The van der Waals surface area contributed by atoms with Crippen LogP contribution in [0.2, 0.25) is 0 Å². The van der Waals surface area contributed by atoms with Crippen LogP contribution in [0.1, 0.15) is 62.0 Å². The molecule has 0 spiro atoms. The van der Waals surface area contributed by atoms with Crippen molar-refractivity contribution in [3.05, 3.63) is 34.5 Å². The first-order valence-corrected chi connectivity index (χ1v) is 8.12. The number of hydrogen-bond acceptors (Lipinski definition) is 4. The van der Waals surface area contributed by atoms with E-state index < -0.39 is 0 Å². The highest BCUT2D eigenvalue weighted by Gasteiger charge is 2.20. The highest BCUT2D eigenvalue weighted by atomic mass is 16.5. The van der Waals surface area contributed by atoms with Crippen LogP contribution in [0.15, 0.2) is 10.7 Å². The third-order valence-corrected chi connectivity index (χ3v) is 4.05. The average molecular weight is 333 g/mol. The van der Waals surface area contributed by atoms with E-state index in [0.29, 0.717) is 6.54 Å². The number of carbonyl (C=O) groups is 1. The molecule has 0 fully saturated rings. The van der Waals surface area contributed by atoms with Crippen LogP contribution < -0.4 is 10.6 Å². The van der Waals surface area contributed by atoms with E-state index in [1.165, 1.54) is 0 Å². The summed E-state index contributed by atoms with van der Waals surface area (Å²) in [6.07, 6.45) is 1.99. The molecule has 2 rings (SSSR count). The molecule has 0 saturated heterocycles. The van der Waals surface area contributed by atoms with Crippen molar-refractivity contribution in [1.29, 1.82) is 0 Å². The van der Waals surface area contributed by atoms with Gasteiger partial charge >= 0.3 is 6.03 Å². The molecule has 0 radical (unpaired) electrons. The Morgan fingerprint density at radius 3 is 2.46 bits per heavy atom. The lowest BCUT2D eigenvalue weighted by Crippen LogP contribution is -2.36. The van der Waals surface area contributed by atoms with E-state index in [1.54, 1.807) is 0 Å². The molecule has 2 aromatic rings. The molecule has 0 aliphatic carbocycles. The monoisotopic (exact) mass is 333 g/mol. The normalized spacial score (nSPS) is 13.0. The van der Waals surface area contributed by atoms with Gasteiger partial charge in [0.05, 0.1) is 23.0 Å². The van der Waals surface area contributed by atoms with E-state index in [-0.39, 0.29) is 17.6 Å². The largest absolute Gasteiger partial charge is 0.361 e. The highest BCUT2D eigenvalue weighted by molar-refractivity contribution is 5.74. The minimum absolute atomic E-state index is 0.0890. The van der Waals surface area contributed by atoms with E-state index in [9.17, 15) is 4.79 Å². The van der Waals surface area contributed by atoms with Crippen LogP contribution in [0, 0.1) is 20.8 Å². The van der Waals surface area contributed by atoms with Gasteiger partial charge < -0.3 is 15.2 Å². The molecule has 2 amide bonds. The molecule has 0 bridgehead atoms. The molecule has 2 N–H and O–H groups in total. The Morgan fingerprint density at radius 1 is 1.29 bits per heavy atom. The van der Waals surface area contributed by atoms with Gasteiger partial charge in [-0.2, -0.15) is 5.10 Å². The van der Waals surface area contributed by atoms with E-state index in [0.717, 1.165) is 28.3 Å². The summed E-state index contributed by atoms with van der Waals surface area (Å²) in [7, 11) is 0. The molecule has 0 aliphatic rings. The van der Waals surface area contributed by atoms with Gasteiger partial charge in [0.15, 0.2) is 0 Å². The van der Waals surface area contributed by atoms with Crippen LogP contribution in [0.25, 0.3) is 0 Å². The topological polar surface area (TPSA) is 85.0 Å². The van der Waals surface area contributed by atoms with E-state index in [1.807, 2.05) is 38.6 Å². The van der Waals surface area contributed by atoms with Gasteiger partial charge in [-0.25, -0.2) is 4.79 Å². The van der Waals surface area contributed by atoms with Gasteiger partial charge in [-0.05, 0) is 48.5 Å². The van der Waals surface area contributed by atoms with Gasteiger partial charge in [-0.15, -0.1) is 0 Å². The van der Waals surface area contributed by atoms with Gasteiger partial charge in [0.2, 0.25) is 0 Å². The van der Waals surface area contributed by atoms with E-state index in [4.69, 9.17) is 4.52 Å². The van der Waals surface area contributed by atoms with Crippen LogP contribution >= 0.6 is 0 Å². The van der Waals surface area contributed by atoms with Gasteiger partial charge in [0.25, 0.3) is 0 Å². The minimum atomic E-state index is -0.231. The average Bonchev–Trinajstić information content (AvgIpc) is 3.00. The maximum atomic E-state index is 12.2. The minimum Gasteiger partial charge on any atom is -0.361 e. The highest BCUT2D eigenvalue weighted by Crippen LogP contribution is 2.21. The lowest BCUT2D eigenvalue weighted by Gasteiger charge is -2.19. The number of rotatable bonds is 4. The summed E-state index contributed by atoms with van der Waals surface area (Å²) in [6.45, 7) is 14.3. The summed E-state index contributed by atoms with van der Waals surface area (Å²) >= 11 is 0. The second-order valence-electron chi connectivity index (χ2n) is 7.14. The van der Waals surface area contributed by atoms with Crippen LogP contribution in [-0.4, -0.2) is 21.0 Å². The number of aromatic nitrogens is 3. The van der Waals surface area contributed by atoms with Crippen molar-refractivity contribution in [3.8, 4) is 0 Å². The van der Waals surface area contributed by atoms with Crippen molar-refractivity contribution in [2.75, 3.05) is 0 Å². The predicted molar refractivity (Wildman–Crippen MR) is 91.7 cm³/mol. The Labute approximate surface area is 142 Å². The van der Waals surface area contributed by atoms with Gasteiger partial charge in [0, 0.05) is 23.9 Å². The first-order chi connectivity index (χ1) is 11.1. The van der Waals surface area contributed by atoms with Crippen molar-refractivity contribution in [3.63, 3.8) is 0 Å². The molecule has 0 aliphatic heterocycles. The quantitative estimate of drug-likeness (QED) is 0.900. The second-order valence-corrected chi connectivity index (χ2v) is 7.14. The molecule has 2 aromatic heterocycles. The molecule has 24 heavy (non-hydrogen) atoms. The maximum Gasteiger partial charge on any atom is 0.315 e. The summed E-state index contributed by atoms with van der Waals surface area (Å²) in [5.74, 6) is 0.725. The Kier molecular flexibility index (Phi) is 5.01. The molecule has 0 saturated carbocycles. The SMILES string of the molecule is Cc1nn(C(C)(C)C)cc1C(C)NC(=O)NCc1c(C)noc1C. The first kappa shape index (κ1) is 18.0. The fourth-order valence-electron chi connectivity index (χ4n) is 2.49. The molecular formula is C17H27N5O2. The van der Waals surface area contributed by atoms with Crippen molar-refractivity contribution < 1.29 is 9.32 Å². The molecular weight excluding hydrogens is 306 g/mol. The maximum absolute atomic E-state index is 12.2. The standard InChI is InChI=1S/C17H27N5O2/c1-10(15-9-22(17(5,6)7)20-11(15)2)19-16(23)18-8-14-12(3)21-24-13(14)4/h9-10H,8H2,1-7H3,(H2,18,19,23). The smallest absolute Gasteiger partial charge is 0.315 e. The molecule has 0 aromatic carbocycles. The van der Waals surface area contributed by atoms with E-state index in [2.05, 4.69) is 41.7 Å². The molecule has 7 heteroatoms. The fraction of sp³-hybridized carbons (Fsp3) is 0.588. The third kappa shape index (κ3) is 3.96. The summed E-state index contributed by atoms with van der Waals surface area (Å²) in [5, 5.41) is 14.2. The van der Waals surface area contributed by atoms with Crippen molar-refractivity contribution in [2.24, 2.45) is 0 Å². The summed E-state index contributed by atoms with van der Waals surface area (Å²) in [5.41, 5.74) is 3.55. The fourth-order valence-corrected chi connectivity index (χ4v) is 2.49.